The van der Waals surface area contributed by atoms with E-state index in [0.717, 1.165) is 12.8 Å². The third kappa shape index (κ3) is 7.06. The summed E-state index contributed by atoms with van der Waals surface area (Å²) >= 11 is 0. The van der Waals surface area contributed by atoms with Gasteiger partial charge in [0.1, 0.15) is 17.2 Å². The summed E-state index contributed by atoms with van der Waals surface area (Å²) in [4.78, 5) is 36.2. The van der Waals surface area contributed by atoms with Crippen molar-refractivity contribution in [3.63, 3.8) is 0 Å². The fraction of sp³-hybridized carbons (Fsp3) is 0.200. The lowest BCUT2D eigenvalue weighted by atomic mass is 10.1. The second kappa shape index (κ2) is 12.0. The fourth-order valence-corrected chi connectivity index (χ4v) is 2.96. The zero-order valence-electron chi connectivity index (χ0n) is 18.7. The molecule has 0 saturated heterocycles. The van der Waals surface area contributed by atoms with Crippen LogP contribution in [0, 0.1) is 10.1 Å². The Labute approximate surface area is 196 Å². The predicted molar refractivity (Wildman–Crippen MR) is 126 cm³/mol. The minimum absolute atomic E-state index is 0.0691. The van der Waals surface area contributed by atoms with Gasteiger partial charge in [-0.05, 0) is 54.5 Å². The Hall–Kier alpha value is -4.40. The topological polar surface area (TPSA) is 124 Å². The van der Waals surface area contributed by atoms with Gasteiger partial charge in [-0.2, -0.15) is 0 Å². The van der Waals surface area contributed by atoms with Crippen molar-refractivity contribution >= 4 is 23.6 Å². The van der Waals surface area contributed by atoms with E-state index in [1.165, 1.54) is 30.5 Å². The number of rotatable bonds is 11. The number of unbranched alkanes of at least 4 members (excludes halogenated alkanes) is 1. The van der Waals surface area contributed by atoms with Crippen LogP contribution in [0.15, 0.2) is 77.0 Å². The molecule has 0 bridgehead atoms. The van der Waals surface area contributed by atoms with Gasteiger partial charge in [-0.1, -0.05) is 25.5 Å². The number of nitro groups is 1. The zero-order chi connectivity index (χ0) is 24.3. The molecular formula is C25H25N3O6. The zero-order valence-corrected chi connectivity index (χ0v) is 18.7. The summed E-state index contributed by atoms with van der Waals surface area (Å²) in [5.74, 6) is 0.0994. The van der Waals surface area contributed by atoms with E-state index >= 15 is 0 Å². The summed E-state index contributed by atoms with van der Waals surface area (Å²) in [6, 6.07) is 15.7. The van der Waals surface area contributed by atoms with Crippen LogP contribution < -0.4 is 15.4 Å². The first-order chi connectivity index (χ1) is 16.5. The summed E-state index contributed by atoms with van der Waals surface area (Å²) < 4.78 is 10.8. The molecule has 0 saturated carbocycles. The van der Waals surface area contributed by atoms with Crippen LogP contribution in [0.1, 0.15) is 41.4 Å². The SMILES string of the molecule is CCCCOc1ccc(C(=O)NC(=Cc2cccc([N+](=O)[O-])c2)C(=O)NCc2ccco2)cc1. The molecule has 2 aromatic carbocycles. The molecule has 0 radical (unpaired) electrons. The molecule has 9 nitrogen and oxygen atoms in total. The van der Waals surface area contributed by atoms with E-state index in [4.69, 9.17) is 9.15 Å². The number of nitrogens with zero attached hydrogens (tertiary/aromatic N) is 1. The van der Waals surface area contributed by atoms with Crippen molar-refractivity contribution in [2.75, 3.05) is 6.61 Å². The maximum Gasteiger partial charge on any atom is 0.270 e. The molecule has 0 fully saturated rings. The molecule has 3 rings (SSSR count). The van der Waals surface area contributed by atoms with E-state index in [-0.39, 0.29) is 17.9 Å². The monoisotopic (exact) mass is 463 g/mol. The molecule has 0 atom stereocenters. The van der Waals surface area contributed by atoms with Crippen LogP contribution in [0.3, 0.4) is 0 Å². The molecule has 2 amide bonds. The lowest BCUT2D eigenvalue weighted by Gasteiger charge is -2.11. The summed E-state index contributed by atoms with van der Waals surface area (Å²) in [6.45, 7) is 2.77. The van der Waals surface area contributed by atoms with Gasteiger partial charge in [-0.3, -0.25) is 19.7 Å². The van der Waals surface area contributed by atoms with Gasteiger partial charge >= 0.3 is 0 Å². The van der Waals surface area contributed by atoms with E-state index in [2.05, 4.69) is 17.6 Å². The van der Waals surface area contributed by atoms with Crippen LogP contribution in [-0.4, -0.2) is 23.3 Å². The van der Waals surface area contributed by atoms with E-state index in [1.54, 1.807) is 42.5 Å². The average molecular weight is 463 g/mol. The molecule has 34 heavy (non-hydrogen) atoms. The second-order valence-corrected chi connectivity index (χ2v) is 7.35. The minimum Gasteiger partial charge on any atom is -0.494 e. The lowest BCUT2D eigenvalue weighted by molar-refractivity contribution is -0.384. The Morgan fingerprint density at radius 2 is 1.91 bits per heavy atom. The molecule has 1 aromatic heterocycles. The highest BCUT2D eigenvalue weighted by Crippen LogP contribution is 2.17. The molecule has 0 unspecified atom stereocenters. The Morgan fingerprint density at radius 1 is 1.12 bits per heavy atom. The van der Waals surface area contributed by atoms with Gasteiger partial charge in [0.15, 0.2) is 0 Å². The van der Waals surface area contributed by atoms with Gasteiger partial charge < -0.3 is 19.8 Å². The number of benzene rings is 2. The van der Waals surface area contributed by atoms with Gasteiger partial charge in [0, 0.05) is 17.7 Å². The maximum atomic E-state index is 12.8. The number of carbonyl (C=O) groups is 2. The first kappa shape index (κ1) is 24.2. The van der Waals surface area contributed by atoms with E-state index in [1.807, 2.05) is 0 Å². The molecule has 9 heteroatoms. The van der Waals surface area contributed by atoms with Crippen molar-refractivity contribution in [2.24, 2.45) is 0 Å². The van der Waals surface area contributed by atoms with Crippen molar-refractivity contribution < 1.29 is 23.7 Å². The number of nitrogens with one attached hydrogen (secondary N) is 2. The smallest absolute Gasteiger partial charge is 0.270 e. The predicted octanol–water partition coefficient (Wildman–Crippen LogP) is 4.45. The molecule has 2 N–H and O–H groups in total. The Balaban J connectivity index is 1.78. The molecule has 0 aliphatic rings. The van der Waals surface area contributed by atoms with Crippen LogP contribution in [0.2, 0.25) is 0 Å². The molecule has 0 aliphatic carbocycles. The van der Waals surface area contributed by atoms with Gasteiger partial charge in [0.2, 0.25) is 0 Å². The average Bonchev–Trinajstić information content (AvgIpc) is 3.36. The first-order valence-electron chi connectivity index (χ1n) is 10.8. The van der Waals surface area contributed by atoms with Gasteiger partial charge in [-0.25, -0.2) is 0 Å². The largest absolute Gasteiger partial charge is 0.494 e. The number of carbonyl (C=O) groups excluding carboxylic acids is 2. The highest BCUT2D eigenvalue weighted by atomic mass is 16.6. The Bertz CT molecular complexity index is 1150. The minimum atomic E-state index is -0.573. The highest BCUT2D eigenvalue weighted by Gasteiger charge is 2.16. The summed E-state index contributed by atoms with van der Waals surface area (Å²) in [5.41, 5.74) is 0.512. The van der Waals surface area contributed by atoms with Gasteiger partial charge in [0.25, 0.3) is 17.5 Å². The van der Waals surface area contributed by atoms with Crippen molar-refractivity contribution in [3.8, 4) is 5.75 Å². The van der Waals surface area contributed by atoms with Crippen molar-refractivity contribution in [2.45, 2.75) is 26.3 Å². The van der Waals surface area contributed by atoms with Crippen LogP contribution in [0.4, 0.5) is 5.69 Å². The van der Waals surface area contributed by atoms with Crippen molar-refractivity contribution in [3.05, 3.63) is 99.6 Å². The lowest BCUT2D eigenvalue weighted by Crippen LogP contribution is -2.34. The number of hydrogen-bond donors (Lipinski definition) is 2. The number of hydrogen-bond acceptors (Lipinski definition) is 6. The highest BCUT2D eigenvalue weighted by molar-refractivity contribution is 6.05. The molecule has 3 aromatic rings. The third-order valence-electron chi connectivity index (χ3n) is 4.77. The third-order valence-corrected chi connectivity index (χ3v) is 4.77. The number of ether oxygens (including phenoxy) is 1. The summed E-state index contributed by atoms with van der Waals surface area (Å²) in [7, 11) is 0. The summed E-state index contributed by atoms with van der Waals surface area (Å²) in [6.07, 6.45) is 4.81. The number of amides is 2. The van der Waals surface area contributed by atoms with Crippen LogP contribution in [-0.2, 0) is 11.3 Å². The van der Waals surface area contributed by atoms with Crippen molar-refractivity contribution in [1.29, 1.82) is 0 Å². The molecule has 0 aliphatic heterocycles. The number of furan rings is 1. The Kier molecular flexibility index (Phi) is 8.56. The van der Waals surface area contributed by atoms with Gasteiger partial charge in [0.05, 0.1) is 24.3 Å². The Morgan fingerprint density at radius 3 is 2.59 bits per heavy atom. The number of nitro benzene ring substituents is 1. The van der Waals surface area contributed by atoms with E-state index < -0.39 is 16.7 Å². The van der Waals surface area contributed by atoms with Crippen LogP contribution in [0.5, 0.6) is 5.75 Å². The van der Waals surface area contributed by atoms with Gasteiger partial charge in [-0.15, -0.1) is 0 Å². The van der Waals surface area contributed by atoms with E-state index in [0.29, 0.717) is 29.2 Å². The first-order valence-corrected chi connectivity index (χ1v) is 10.8. The van der Waals surface area contributed by atoms with Crippen LogP contribution in [0.25, 0.3) is 6.08 Å². The standard InChI is InChI=1S/C25H25N3O6/c1-2-3-13-33-21-11-9-19(10-12-21)24(29)27-23(25(30)26-17-22-8-5-14-34-22)16-18-6-4-7-20(15-18)28(31)32/h4-12,14-16H,2-3,13,17H2,1H3,(H,26,30)(H,27,29). The summed E-state index contributed by atoms with van der Waals surface area (Å²) in [5, 5.41) is 16.4. The second-order valence-electron chi connectivity index (χ2n) is 7.35. The maximum absolute atomic E-state index is 12.8. The van der Waals surface area contributed by atoms with E-state index in [9.17, 15) is 19.7 Å². The molecule has 0 spiro atoms. The molecule has 176 valence electrons. The van der Waals surface area contributed by atoms with Crippen LogP contribution >= 0.6 is 0 Å². The molecular weight excluding hydrogens is 438 g/mol. The normalized spacial score (nSPS) is 11.0. The molecule has 1 heterocycles. The fourth-order valence-electron chi connectivity index (χ4n) is 2.96. The number of non-ortho nitro benzene ring substituents is 1. The quantitative estimate of drug-likeness (QED) is 0.187. The van der Waals surface area contributed by atoms with Crippen molar-refractivity contribution in [1.82, 2.24) is 10.6 Å².